The molecule has 4 rings (SSSR count). The van der Waals surface area contributed by atoms with Crippen LogP contribution < -0.4 is 14.8 Å². The van der Waals surface area contributed by atoms with E-state index in [0.29, 0.717) is 40.2 Å². The van der Waals surface area contributed by atoms with E-state index < -0.39 is 24.1 Å². The van der Waals surface area contributed by atoms with Crippen LogP contribution in [0.25, 0.3) is 0 Å². The lowest BCUT2D eigenvalue weighted by Gasteiger charge is -2.23. The summed E-state index contributed by atoms with van der Waals surface area (Å²) in [5, 5.41) is 3.26. The van der Waals surface area contributed by atoms with Crippen LogP contribution in [-0.4, -0.2) is 41.8 Å². The molecular weight excluding hydrogens is 497 g/mol. The normalized spacial score (nSPS) is 18.9. The summed E-state index contributed by atoms with van der Waals surface area (Å²) >= 11 is 14.1. The van der Waals surface area contributed by atoms with Gasteiger partial charge in [-0.1, -0.05) is 29.3 Å². The molecule has 2 aromatic rings. The molecule has 0 unspecified atom stereocenters. The maximum atomic E-state index is 12.9. The van der Waals surface area contributed by atoms with Crippen LogP contribution in [0, 0.1) is 5.92 Å². The van der Waals surface area contributed by atoms with Crippen molar-refractivity contribution in [2.75, 3.05) is 18.9 Å². The number of benzene rings is 1. The zero-order valence-electron chi connectivity index (χ0n) is 17.4. The molecule has 1 saturated heterocycles. The lowest BCUT2D eigenvalue weighted by atomic mass is 10.0. The predicted octanol–water partition coefficient (Wildman–Crippen LogP) is 5.27. The van der Waals surface area contributed by atoms with Gasteiger partial charge in [0.15, 0.2) is 16.9 Å². The Morgan fingerprint density at radius 2 is 1.97 bits per heavy atom. The maximum absolute atomic E-state index is 12.9. The van der Waals surface area contributed by atoms with Crippen molar-refractivity contribution in [3.8, 4) is 11.5 Å². The second kappa shape index (κ2) is 11.1. The first kappa shape index (κ1) is 24.3. The number of carbonyl (C=O) groups is 1. The van der Waals surface area contributed by atoms with Crippen molar-refractivity contribution in [1.82, 2.24) is 10.3 Å². The second-order valence-electron chi connectivity index (χ2n) is 7.76. The van der Waals surface area contributed by atoms with E-state index in [-0.39, 0.29) is 17.9 Å². The summed E-state index contributed by atoms with van der Waals surface area (Å²) in [5.74, 6) is 0.859. The molecule has 0 spiro atoms. The highest BCUT2D eigenvalue weighted by atomic mass is 35.5. The summed E-state index contributed by atoms with van der Waals surface area (Å²) in [6, 6.07) is 4.52. The molecule has 2 aliphatic rings. The van der Waals surface area contributed by atoms with Crippen LogP contribution in [-0.2, 0) is 16.0 Å². The smallest absolute Gasteiger partial charge is 0.387 e. The molecule has 1 N–H and O–H groups in total. The summed E-state index contributed by atoms with van der Waals surface area (Å²) in [6.07, 6.45) is 4.37. The number of pyridine rings is 1. The van der Waals surface area contributed by atoms with Crippen LogP contribution in [0.3, 0.4) is 0 Å². The molecule has 33 heavy (non-hydrogen) atoms. The van der Waals surface area contributed by atoms with Gasteiger partial charge in [-0.25, -0.2) is 4.79 Å². The minimum atomic E-state index is -2.99. The Hall–Kier alpha value is -1.81. The van der Waals surface area contributed by atoms with Gasteiger partial charge in [-0.3, -0.25) is 10.3 Å². The minimum absolute atomic E-state index is 0.0764. The zero-order valence-corrected chi connectivity index (χ0v) is 19.8. The van der Waals surface area contributed by atoms with Crippen LogP contribution in [0.4, 0.5) is 8.78 Å². The van der Waals surface area contributed by atoms with Gasteiger partial charge in [-0.05, 0) is 42.0 Å². The average Bonchev–Trinajstić information content (AvgIpc) is 3.44. The van der Waals surface area contributed by atoms with E-state index in [4.69, 9.17) is 32.7 Å². The number of carbonyl (C=O) groups excluding carboxylic acids is 1. The van der Waals surface area contributed by atoms with Gasteiger partial charge in [0.2, 0.25) is 0 Å². The van der Waals surface area contributed by atoms with Crippen LogP contribution in [0.5, 0.6) is 11.5 Å². The average molecular weight is 519 g/mol. The Bertz CT molecular complexity index is 971. The van der Waals surface area contributed by atoms with Gasteiger partial charge in [0.05, 0.1) is 16.7 Å². The van der Waals surface area contributed by atoms with E-state index in [2.05, 4.69) is 15.0 Å². The lowest BCUT2D eigenvalue weighted by Crippen LogP contribution is -2.32. The first-order valence-corrected chi connectivity index (χ1v) is 12.3. The van der Waals surface area contributed by atoms with Crippen molar-refractivity contribution < 1.29 is 27.8 Å². The number of nitrogens with one attached hydrogen (secondary N) is 1. The highest BCUT2D eigenvalue weighted by Crippen LogP contribution is 2.38. The largest absolute Gasteiger partial charge is 0.489 e. The lowest BCUT2D eigenvalue weighted by molar-refractivity contribution is -0.149. The standard InChI is InChI=1S/C22H22Cl2F2N2O4S/c23-15-9-27-10-16(24)14(15)8-18(31-21(29)20-28-5-6-33-20)13-3-4-17(32-22(25)26)19(7-13)30-11-12-1-2-12/h3-4,7,9-10,12,18,20,22,28H,1-2,5-6,8,11H2/t18-,20+/m1/s1. The van der Waals surface area contributed by atoms with E-state index in [0.717, 1.165) is 18.6 Å². The third-order valence-electron chi connectivity index (χ3n) is 5.26. The Balaban J connectivity index is 1.63. The molecule has 11 heteroatoms. The van der Waals surface area contributed by atoms with E-state index in [1.165, 1.54) is 30.2 Å². The molecule has 0 bridgehead atoms. The monoisotopic (exact) mass is 518 g/mol. The third-order valence-corrected chi connectivity index (χ3v) is 7.04. The number of halogens is 4. The molecule has 6 nitrogen and oxygen atoms in total. The summed E-state index contributed by atoms with van der Waals surface area (Å²) in [6.45, 7) is -1.89. The molecule has 2 heterocycles. The third kappa shape index (κ3) is 6.62. The molecule has 1 aromatic heterocycles. The van der Waals surface area contributed by atoms with E-state index in [1.807, 2.05) is 0 Å². The number of nitrogens with zero attached hydrogens (tertiary/aromatic N) is 1. The highest BCUT2D eigenvalue weighted by molar-refractivity contribution is 8.00. The van der Waals surface area contributed by atoms with Crippen molar-refractivity contribution in [3.05, 3.63) is 51.8 Å². The van der Waals surface area contributed by atoms with Gasteiger partial charge in [-0.2, -0.15) is 8.78 Å². The molecule has 2 atom stereocenters. The predicted molar refractivity (Wildman–Crippen MR) is 122 cm³/mol. The number of alkyl halides is 2. The first-order valence-electron chi connectivity index (χ1n) is 10.5. The number of rotatable bonds is 10. The summed E-state index contributed by atoms with van der Waals surface area (Å²) < 4.78 is 42.0. The molecule has 0 radical (unpaired) electrons. The number of aromatic nitrogens is 1. The van der Waals surface area contributed by atoms with Crippen molar-refractivity contribution in [2.24, 2.45) is 5.92 Å². The van der Waals surface area contributed by atoms with Gasteiger partial charge in [0.25, 0.3) is 0 Å². The van der Waals surface area contributed by atoms with E-state index in [9.17, 15) is 13.6 Å². The maximum Gasteiger partial charge on any atom is 0.387 e. The molecular formula is C22H22Cl2F2N2O4S. The number of ether oxygens (including phenoxy) is 3. The molecule has 1 aromatic carbocycles. The summed E-state index contributed by atoms with van der Waals surface area (Å²) in [5.41, 5.74) is 1.11. The number of hydrogen-bond acceptors (Lipinski definition) is 7. The Kier molecular flexibility index (Phi) is 8.16. The Morgan fingerprint density at radius 1 is 1.21 bits per heavy atom. The molecule has 1 aliphatic carbocycles. The van der Waals surface area contributed by atoms with Gasteiger partial charge >= 0.3 is 12.6 Å². The number of esters is 1. The molecule has 178 valence electrons. The fraction of sp³-hybridized carbons (Fsp3) is 0.455. The van der Waals surface area contributed by atoms with Crippen molar-refractivity contribution in [3.63, 3.8) is 0 Å². The van der Waals surface area contributed by atoms with Crippen molar-refractivity contribution in [2.45, 2.75) is 37.4 Å². The molecule has 1 aliphatic heterocycles. The van der Waals surface area contributed by atoms with Gasteiger partial charge in [-0.15, -0.1) is 11.8 Å². The molecule has 1 saturated carbocycles. The van der Waals surface area contributed by atoms with Crippen molar-refractivity contribution in [1.29, 1.82) is 0 Å². The van der Waals surface area contributed by atoms with Gasteiger partial charge < -0.3 is 14.2 Å². The zero-order chi connectivity index (χ0) is 23.4. The van der Waals surface area contributed by atoms with Crippen LogP contribution in [0.1, 0.15) is 30.1 Å². The summed E-state index contributed by atoms with van der Waals surface area (Å²) in [4.78, 5) is 16.7. The van der Waals surface area contributed by atoms with E-state index >= 15 is 0 Å². The topological polar surface area (TPSA) is 69.7 Å². The number of hydrogen-bond donors (Lipinski definition) is 1. The SMILES string of the molecule is O=C(O[C@H](Cc1c(Cl)cncc1Cl)c1ccc(OC(F)F)c(OCC2CC2)c1)[C@H]1NCCS1. The van der Waals surface area contributed by atoms with Gasteiger partial charge in [0.1, 0.15) is 6.10 Å². The molecule has 2 fully saturated rings. The van der Waals surface area contributed by atoms with Crippen LogP contribution in [0.15, 0.2) is 30.6 Å². The minimum Gasteiger partial charge on any atom is -0.489 e. The quantitative estimate of drug-likeness (QED) is 0.429. The highest BCUT2D eigenvalue weighted by Gasteiger charge is 2.30. The van der Waals surface area contributed by atoms with E-state index in [1.54, 1.807) is 12.1 Å². The number of thioether (sulfide) groups is 1. The Labute approximate surface area is 204 Å². The first-order chi connectivity index (χ1) is 15.9. The fourth-order valence-electron chi connectivity index (χ4n) is 3.35. The van der Waals surface area contributed by atoms with Gasteiger partial charge in [0, 0.05) is 31.1 Å². The van der Waals surface area contributed by atoms with Crippen molar-refractivity contribution >= 4 is 40.9 Å². The summed E-state index contributed by atoms with van der Waals surface area (Å²) in [7, 11) is 0. The van der Waals surface area contributed by atoms with Crippen LogP contribution >= 0.6 is 35.0 Å². The fourth-order valence-corrected chi connectivity index (χ4v) is 4.77. The Morgan fingerprint density at radius 3 is 2.61 bits per heavy atom. The van der Waals surface area contributed by atoms with Crippen LogP contribution in [0.2, 0.25) is 10.0 Å². The second-order valence-corrected chi connectivity index (χ2v) is 9.78. The molecule has 0 amide bonds.